The first-order valence-electron chi connectivity index (χ1n) is 7.31. The number of nitrogens with two attached hydrogens (primary N) is 1. The van der Waals surface area contributed by atoms with Crippen molar-refractivity contribution in [1.29, 1.82) is 0 Å². The second-order valence-electron chi connectivity index (χ2n) is 7.07. The molecule has 3 N–H and O–H groups in total. The van der Waals surface area contributed by atoms with Gasteiger partial charge in [0, 0.05) is 19.0 Å². The van der Waals surface area contributed by atoms with E-state index in [1.54, 1.807) is 0 Å². The van der Waals surface area contributed by atoms with Crippen LogP contribution in [0.4, 0.5) is 0 Å². The fourth-order valence-corrected chi connectivity index (χ4v) is 2.43. The Bertz CT molecular complexity index is 276. The van der Waals surface area contributed by atoms with Crippen LogP contribution in [0.15, 0.2) is 0 Å². The zero-order valence-electron chi connectivity index (χ0n) is 12.9. The molecule has 3 unspecified atom stereocenters. The van der Waals surface area contributed by atoms with E-state index >= 15 is 0 Å². The maximum absolute atomic E-state index is 11.9. The third-order valence-corrected chi connectivity index (χ3v) is 4.38. The predicted molar refractivity (Wildman–Crippen MR) is 83.4 cm³/mol. The Kier molecular flexibility index (Phi) is 7.99. The van der Waals surface area contributed by atoms with Gasteiger partial charge >= 0.3 is 0 Å². The van der Waals surface area contributed by atoms with Gasteiger partial charge in [-0.15, -0.1) is 12.4 Å². The Morgan fingerprint density at radius 3 is 2.53 bits per heavy atom. The Morgan fingerprint density at radius 1 is 1.37 bits per heavy atom. The summed E-state index contributed by atoms with van der Waals surface area (Å²) in [5, 5.41) is 3.08. The topological polar surface area (TPSA) is 55.1 Å². The van der Waals surface area contributed by atoms with Crippen LogP contribution in [-0.2, 0) is 4.79 Å². The fourth-order valence-electron chi connectivity index (χ4n) is 2.43. The minimum absolute atomic E-state index is 0. The van der Waals surface area contributed by atoms with Crippen LogP contribution in [0.3, 0.4) is 0 Å². The highest BCUT2D eigenvalue weighted by Crippen LogP contribution is 2.28. The molecule has 4 heteroatoms. The predicted octanol–water partition coefficient (Wildman–Crippen LogP) is 3.11. The average Bonchev–Trinajstić information content (AvgIpc) is 2.25. The molecule has 1 rings (SSSR count). The van der Waals surface area contributed by atoms with Crippen molar-refractivity contribution in [2.24, 2.45) is 23.0 Å². The second kappa shape index (κ2) is 8.11. The van der Waals surface area contributed by atoms with Gasteiger partial charge in [-0.1, -0.05) is 34.1 Å². The van der Waals surface area contributed by atoms with E-state index in [1.807, 2.05) is 0 Å². The lowest BCUT2D eigenvalue weighted by Crippen LogP contribution is -2.36. The van der Waals surface area contributed by atoms with Gasteiger partial charge in [-0.3, -0.25) is 4.79 Å². The van der Waals surface area contributed by atoms with E-state index in [-0.39, 0.29) is 23.7 Å². The number of carbonyl (C=O) groups excluding carboxylic acids is 1. The van der Waals surface area contributed by atoms with Crippen LogP contribution < -0.4 is 11.1 Å². The van der Waals surface area contributed by atoms with Gasteiger partial charge in [-0.25, -0.2) is 0 Å². The van der Waals surface area contributed by atoms with Gasteiger partial charge in [-0.05, 0) is 36.5 Å². The summed E-state index contributed by atoms with van der Waals surface area (Å²) >= 11 is 0. The lowest BCUT2D eigenvalue weighted by Gasteiger charge is -2.28. The van der Waals surface area contributed by atoms with Crippen molar-refractivity contribution in [1.82, 2.24) is 5.32 Å². The van der Waals surface area contributed by atoms with Gasteiger partial charge in [0.25, 0.3) is 0 Å². The van der Waals surface area contributed by atoms with E-state index in [0.29, 0.717) is 24.3 Å². The molecule has 1 amide bonds. The van der Waals surface area contributed by atoms with Gasteiger partial charge in [0.2, 0.25) is 5.91 Å². The van der Waals surface area contributed by atoms with Crippen molar-refractivity contribution in [2.75, 3.05) is 6.54 Å². The van der Waals surface area contributed by atoms with Crippen LogP contribution in [0.5, 0.6) is 0 Å². The monoisotopic (exact) mass is 290 g/mol. The number of hydrogen-bond acceptors (Lipinski definition) is 2. The van der Waals surface area contributed by atoms with Crippen molar-refractivity contribution in [2.45, 2.75) is 65.8 Å². The SMILES string of the molecule is CC(CC(=O)NCC1CCCC(N)C1)C(C)(C)C.Cl. The normalized spacial score (nSPS) is 25.3. The number of halogens is 1. The number of amides is 1. The minimum Gasteiger partial charge on any atom is -0.356 e. The number of rotatable bonds is 4. The first-order valence-corrected chi connectivity index (χ1v) is 7.31. The van der Waals surface area contributed by atoms with Crippen molar-refractivity contribution in [3.05, 3.63) is 0 Å². The van der Waals surface area contributed by atoms with Crippen molar-refractivity contribution < 1.29 is 4.79 Å². The molecule has 1 saturated carbocycles. The summed E-state index contributed by atoms with van der Waals surface area (Å²) in [7, 11) is 0. The maximum atomic E-state index is 11.9. The van der Waals surface area contributed by atoms with Crippen molar-refractivity contribution in [3.8, 4) is 0 Å². The lowest BCUT2D eigenvalue weighted by atomic mass is 9.80. The van der Waals surface area contributed by atoms with Crippen LogP contribution in [0.25, 0.3) is 0 Å². The molecule has 1 aliphatic rings. The third kappa shape index (κ3) is 7.17. The molecule has 0 aromatic rings. The molecule has 3 atom stereocenters. The summed E-state index contributed by atoms with van der Waals surface area (Å²) in [5.41, 5.74) is 6.16. The van der Waals surface area contributed by atoms with Gasteiger partial charge in [0.15, 0.2) is 0 Å². The molecule has 19 heavy (non-hydrogen) atoms. The Hall–Kier alpha value is -0.280. The number of carbonyl (C=O) groups is 1. The van der Waals surface area contributed by atoms with Gasteiger partial charge < -0.3 is 11.1 Å². The van der Waals surface area contributed by atoms with E-state index in [1.165, 1.54) is 12.8 Å². The average molecular weight is 291 g/mol. The summed E-state index contributed by atoms with van der Waals surface area (Å²) in [6.45, 7) is 9.51. The Morgan fingerprint density at radius 2 is 2.00 bits per heavy atom. The van der Waals surface area contributed by atoms with Gasteiger partial charge in [-0.2, -0.15) is 0 Å². The molecule has 0 bridgehead atoms. The highest BCUT2D eigenvalue weighted by atomic mass is 35.5. The molecule has 0 heterocycles. The zero-order valence-corrected chi connectivity index (χ0v) is 13.7. The highest BCUT2D eigenvalue weighted by molar-refractivity contribution is 5.85. The first kappa shape index (κ1) is 18.7. The molecule has 0 spiro atoms. The fraction of sp³-hybridized carbons (Fsp3) is 0.933. The lowest BCUT2D eigenvalue weighted by molar-refractivity contribution is -0.122. The smallest absolute Gasteiger partial charge is 0.220 e. The molecule has 0 aromatic heterocycles. The van der Waals surface area contributed by atoms with Crippen LogP contribution in [0.1, 0.15) is 59.8 Å². The van der Waals surface area contributed by atoms with E-state index < -0.39 is 0 Å². The second-order valence-corrected chi connectivity index (χ2v) is 7.07. The van der Waals surface area contributed by atoms with E-state index in [2.05, 4.69) is 33.0 Å². The summed E-state index contributed by atoms with van der Waals surface area (Å²) in [6.07, 6.45) is 5.26. The molecule has 0 aromatic carbocycles. The Labute approximate surface area is 124 Å². The molecule has 1 fully saturated rings. The zero-order chi connectivity index (χ0) is 13.8. The molecule has 1 aliphatic carbocycles. The van der Waals surface area contributed by atoms with Crippen LogP contribution >= 0.6 is 12.4 Å². The standard InChI is InChI=1S/C15H30N2O.ClH/c1-11(15(2,3)4)8-14(18)17-10-12-6-5-7-13(16)9-12;/h11-13H,5-10,16H2,1-4H3,(H,17,18);1H. The number of hydrogen-bond donors (Lipinski definition) is 2. The molecular weight excluding hydrogens is 260 g/mol. The van der Waals surface area contributed by atoms with Crippen molar-refractivity contribution in [3.63, 3.8) is 0 Å². The van der Waals surface area contributed by atoms with Gasteiger partial charge in [0.05, 0.1) is 0 Å². The Balaban J connectivity index is 0.00000324. The summed E-state index contributed by atoms with van der Waals surface area (Å²) in [5.74, 6) is 1.19. The van der Waals surface area contributed by atoms with Crippen LogP contribution in [0.2, 0.25) is 0 Å². The molecular formula is C15H31ClN2O. The van der Waals surface area contributed by atoms with E-state index in [4.69, 9.17) is 5.73 Å². The highest BCUT2D eigenvalue weighted by Gasteiger charge is 2.23. The molecule has 114 valence electrons. The van der Waals surface area contributed by atoms with Crippen LogP contribution in [0, 0.1) is 17.3 Å². The van der Waals surface area contributed by atoms with E-state index in [0.717, 1.165) is 19.4 Å². The summed E-state index contributed by atoms with van der Waals surface area (Å²) < 4.78 is 0. The first-order chi connectivity index (χ1) is 8.29. The molecule has 0 aliphatic heterocycles. The molecule has 0 saturated heterocycles. The molecule has 0 radical (unpaired) electrons. The third-order valence-electron chi connectivity index (χ3n) is 4.38. The maximum Gasteiger partial charge on any atom is 0.220 e. The minimum atomic E-state index is 0. The molecule has 3 nitrogen and oxygen atoms in total. The van der Waals surface area contributed by atoms with Crippen LogP contribution in [-0.4, -0.2) is 18.5 Å². The summed E-state index contributed by atoms with van der Waals surface area (Å²) in [6, 6.07) is 0.342. The van der Waals surface area contributed by atoms with Crippen molar-refractivity contribution >= 4 is 18.3 Å². The number of nitrogens with one attached hydrogen (secondary N) is 1. The van der Waals surface area contributed by atoms with Gasteiger partial charge in [0.1, 0.15) is 0 Å². The summed E-state index contributed by atoms with van der Waals surface area (Å²) in [4.78, 5) is 11.9. The largest absolute Gasteiger partial charge is 0.356 e. The van der Waals surface area contributed by atoms with E-state index in [9.17, 15) is 4.79 Å². The quantitative estimate of drug-likeness (QED) is 0.836.